The normalized spacial score (nSPS) is 29.1. The molecule has 2 nitrogen and oxygen atoms in total. The molecule has 1 saturated carbocycles. The summed E-state index contributed by atoms with van der Waals surface area (Å²) in [5, 5.41) is 4.57. The predicted octanol–water partition coefficient (Wildman–Crippen LogP) is 7.01. The third-order valence-electron chi connectivity index (χ3n) is 6.96. The number of nitrogens with zero attached hydrogens (tertiary/aromatic N) is 2. The van der Waals surface area contributed by atoms with E-state index in [-0.39, 0.29) is 7.43 Å². The molecule has 0 bridgehead atoms. The molecule has 1 aromatic rings. The van der Waals surface area contributed by atoms with E-state index in [0.29, 0.717) is 5.92 Å². The molecule has 4 atom stereocenters. The fraction of sp³-hybridized carbons (Fsp3) is 0.522. The minimum atomic E-state index is -1.44. The Balaban J connectivity index is 0.000000708. The van der Waals surface area contributed by atoms with Gasteiger partial charge in [0.15, 0.2) is 0 Å². The predicted molar refractivity (Wildman–Crippen MR) is 128 cm³/mol. The van der Waals surface area contributed by atoms with Crippen LogP contribution in [0.3, 0.4) is 0 Å². The zero-order chi connectivity index (χ0) is 20.0. The molecule has 3 aliphatic rings. The molecule has 160 valence electrons. The average Bonchev–Trinajstić information content (AvgIpc) is 3.04. The molecular weight excluding hydrogens is 451 g/mol. The van der Waals surface area contributed by atoms with Crippen molar-refractivity contribution in [3.63, 3.8) is 0 Å². The molecule has 1 saturated heterocycles. The summed E-state index contributed by atoms with van der Waals surface area (Å²) >= 11 is -0.556. The number of rotatable bonds is 3. The first-order chi connectivity index (χ1) is 13.6. The Bertz CT molecular complexity index is 662. The SMILES string of the molecule is C[Si](C)(C1CCC2C(c3ccccc3)C=CC=CC21)N1CC[N-]CC1.[CH3-].[Cl][Ti][Cl]. The molecule has 2 fully saturated rings. The molecule has 0 amide bonds. The number of allylic oxidation sites excluding steroid dienone is 4. The van der Waals surface area contributed by atoms with E-state index in [0.717, 1.165) is 30.5 Å². The van der Waals surface area contributed by atoms with Crippen molar-refractivity contribution in [2.24, 2.45) is 11.8 Å². The van der Waals surface area contributed by atoms with E-state index >= 15 is 0 Å². The van der Waals surface area contributed by atoms with Crippen LogP contribution in [0.1, 0.15) is 24.3 Å². The van der Waals surface area contributed by atoms with E-state index < -0.39 is 25.3 Å². The van der Waals surface area contributed by atoms with E-state index in [1.54, 1.807) is 0 Å². The van der Waals surface area contributed by atoms with Crippen LogP contribution in [0.25, 0.3) is 5.32 Å². The topological polar surface area (TPSA) is 17.3 Å². The number of benzene rings is 1. The Hall–Kier alpha value is 0.131. The second kappa shape index (κ2) is 12.2. The Kier molecular flexibility index (Phi) is 10.7. The van der Waals surface area contributed by atoms with Crippen LogP contribution < -0.4 is 0 Å². The molecule has 6 heteroatoms. The van der Waals surface area contributed by atoms with Crippen molar-refractivity contribution in [3.05, 3.63) is 72.9 Å². The number of hydrogen-bond acceptors (Lipinski definition) is 1. The second-order valence-electron chi connectivity index (χ2n) is 8.51. The number of piperazine rings is 1. The van der Waals surface area contributed by atoms with Gasteiger partial charge in [-0.15, -0.1) is 13.1 Å². The van der Waals surface area contributed by atoms with Crippen molar-refractivity contribution < 1.29 is 17.0 Å². The van der Waals surface area contributed by atoms with E-state index in [9.17, 15) is 0 Å². The summed E-state index contributed by atoms with van der Waals surface area (Å²) in [4.78, 5) is 0. The summed E-state index contributed by atoms with van der Waals surface area (Å²) in [5.74, 6) is 2.08. The van der Waals surface area contributed by atoms with E-state index in [1.807, 2.05) is 0 Å². The van der Waals surface area contributed by atoms with Crippen molar-refractivity contribution in [1.29, 1.82) is 0 Å². The van der Waals surface area contributed by atoms with E-state index in [1.165, 1.54) is 31.5 Å². The molecule has 0 radical (unpaired) electrons. The first kappa shape index (κ1) is 25.4. The van der Waals surface area contributed by atoms with Crippen molar-refractivity contribution in [1.82, 2.24) is 4.57 Å². The van der Waals surface area contributed by atoms with Gasteiger partial charge in [-0.25, -0.2) is 0 Å². The van der Waals surface area contributed by atoms with Crippen LogP contribution in [0.2, 0.25) is 18.6 Å². The summed E-state index contributed by atoms with van der Waals surface area (Å²) < 4.78 is 2.84. The van der Waals surface area contributed by atoms with Crippen molar-refractivity contribution >= 4 is 26.8 Å². The molecule has 1 aromatic carbocycles. The molecule has 29 heavy (non-hydrogen) atoms. The Morgan fingerprint density at radius 1 is 1.00 bits per heavy atom. The third kappa shape index (κ3) is 6.10. The Morgan fingerprint density at radius 3 is 2.28 bits per heavy atom. The molecular formula is C23H34Cl2N2SiTi-2. The monoisotopic (exact) mass is 484 g/mol. The first-order valence-electron chi connectivity index (χ1n) is 10.3. The van der Waals surface area contributed by atoms with Crippen molar-refractivity contribution in [2.45, 2.75) is 37.4 Å². The minimum absolute atomic E-state index is 0. The van der Waals surface area contributed by atoms with Crippen LogP contribution in [0, 0.1) is 19.3 Å². The molecule has 1 heterocycles. The van der Waals surface area contributed by atoms with Gasteiger partial charge in [-0.05, 0) is 42.5 Å². The zero-order valence-corrected chi connectivity index (χ0v) is 22.0. The van der Waals surface area contributed by atoms with Gasteiger partial charge in [0.1, 0.15) is 8.24 Å². The van der Waals surface area contributed by atoms with Gasteiger partial charge in [0.25, 0.3) is 0 Å². The standard InChI is InChI=1S/C22H31N2Si.CH3.2ClH.Ti/c1-25(2,24-16-14-23-15-17-24)22-13-12-20-19(10-6-7-11-21(20)22)18-8-4-3-5-9-18;;;;/h3-11,19-22H,12-17H2,1-2H3;1H3;2*1H;/q2*-1;;;+2/p-2. The van der Waals surface area contributed by atoms with Gasteiger partial charge >= 0.3 is 35.6 Å². The summed E-state index contributed by atoms with van der Waals surface area (Å²) in [6.07, 6.45) is 12.4. The number of hydrogen-bond donors (Lipinski definition) is 0. The molecule has 4 unspecified atom stereocenters. The van der Waals surface area contributed by atoms with Crippen LogP contribution >= 0.6 is 18.6 Å². The quantitative estimate of drug-likeness (QED) is 0.333. The summed E-state index contributed by atoms with van der Waals surface area (Å²) in [6, 6.07) is 11.2. The van der Waals surface area contributed by atoms with Gasteiger partial charge < -0.3 is 17.3 Å². The molecule has 2 aliphatic carbocycles. The van der Waals surface area contributed by atoms with Gasteiger partial charge in [-0.2, -0.15) is 0 Å². The van der Waals surface area contributed by atoms with Crippen LogP contribution in [-0.4, -0.2) is 39.0 Å². The molecule has 0 spiro atoms. The van der Waals surface area contributed by atoms with E-state index in [4.69, 9.17) is 18.6 Å². The molecule has 0 aromatic heterocycles. The Labute approximate surface area is 195 Å². The van der Waals surface area contributed by atoms with Gasteiger partial charge in [-0.3, -0.25) is 0 Å². The second-order valence-corrected chi connectivity index (χ2v) is 15.8. The van der Waals surface area contributed by atoms with Gasteiger partial charge in [0.2, 0.25) is 0 Å². The summed E-state index contributed by atoms with van der Waals surface area (Å²) in [5.41, 5.74) is 2.37. The van der Waals surface area contributed by atoms with E-state index in [2.05, 4.69) is 77.6 Å². The summed E-state index contributed by atoms with van der Waals surface area (Å²) in [7, 11) is 8.34. The van der Waals surface area contributed by atoms with Crippen LogP contribution in [0.4, 0.5) is 0 Å². The average molecular weight is 485 g/mol. The first-order valence-corrected chi connectivity index (χ1v) is 17.7. The molecule has 1 aliphatic heterocycles. The Morgan fingerprint density at radius 2 is 1.62 bits per heavy atom. The fourth-order valence-electron chi connectivity index (χ4n) is 5.55. The maximum atomic E-state index is 4.89. The number of fused-ring (bicyclic) bond motifs is 1. The van der Waals surface area contributed by atoms with Crippen LogP contribution in [0.5, 0.6) is 0 Å². The molecule has 4 rings (SSSR count). The summed E-state index contributed by atoms with van der Waals surface area (Å²) in [6.45, 7) is 9.71. The van der Waals surface area contributed by atoms with Crippen molar-refractivity contribution in [2.75, 3.05) is 26.2 Å². The van der Waals surface area contributed by atoms with Crippen molar-refractivity contribution in [3.8, 4) is 0 Å². The zero-order valence-electron chi connectivity index (χ0n) is 17.9. The van der Waals surface area contributed by atoms with Crippen LogP contribution in [0.15, 0.2) is 54.6 Å². The third-order valence-corrected chi connectivity index (χ3v) is 11.5. The van der Waals surface area contributed by atoms with Gasteiger partial charge in [0, 0.05) is 5.92 Å². The van der Waals surface area contributed by atoms with Gasteiger partial charge in [0.05, 0.1) is 0 Å². The maximum absolute atomic E-state index is 4.89. The molecule has 0 N–H and O–H groups in total. The number of halogens is 2. The fourth-order valence-corrected chi connectivity index (χ4v) is 9.54. The van der Waals surface area contributed by atoms with Crippen LogP contribution in [-0.2, 0) is 17.0 Å². The van der Waals surface area contributed by atoms with Gasteiger partial charge in [-0.1, -0.05) is 74.2 Å².